The van der Waals surface area contributed by atoms with E-state index in [0.29, 0.717) is 12.8 Å². The Morgan fingerprint density at radius 3 is 2.50 bits per heavy atom. The van der Waals surface area contributed by atoms with Crippen molar-refractivity contribution in [3.8, 4) is 5.75 Å². The summed E-state index contributed by atoms with van der Waals surface area (Å²) in [7, 11) is 1.61. The maximum absolute atomic E-state index is 12.9. The lowest BCUT2D eigenvalue weighted by molar-refractivity contribution is -0.145. The number of ether oxygens (including phenoxy) is 2. The van der Waals surface area contributed by atoms with Gasteiger partial charge in [0, 0.05) is 11.3 Å². The minimum absolute atomic E-state index is 0.0727. The summed E-state index contributed by atoms with van der Waals surface area (Å²) in [5.41, 5.74) is 0.114. The van der Waals surface area contributed by atoms with Gasteiger partial charge >= 0.3 is 12.1 Å². The summed E-state index contributed by atoms with van der Waals surface area (Å²) in [5.74, 6) is -1.54. The molecule has 1 aliphatic rings. The van der Waals surface area contributed by atoms with Crippen molar-refractivity contribution in [3.05, 3.63) is 42.0 Å². The number of likely N-dealkylation sites (tertiary alicyclic amines) is 1. The number of nitrogens with zero attached hydrogens (tertiary/aromatic N) is 1. The van der Waals surface area contributed by atoms with Gasteiger partial charge in [-0.3, -0.25) is 4.79 Å². The third-order valence-corrected chi connectivity index (χ3v) is 5.21. The highest BCUT2D eigenvalue weighted by Crippen LogP contribution is 2.34. The van der Waals surface area contributed by atoms with E-state index in [1.165, 1.54) is 0 Å². The zero-order valence-electron chi connectivity index (χ0n) is 17.7. The van der Waals surface area contributed by atoms with Crippen molar-refractivity contribution in [2.75, 3.05) is 7.11 Å². The molecule has 1 aliphatic heterocycles. The Kier molecular flexibility index (Phi) is 6.01. The zero-order chi connectivity index (χ0) is 22.1. The van der Waals surface area contributed by atoms with Gasteiger partial charge in [0.05, 0.1) is 7.11 Å². The maximum Gasteiger partial charge on any atom is 0.417 e. The van der Waals surface area contributed by atoms with Crippen molar-refractivity contribution >= 4 is 28.7 Å². The summed E-state index contributed by atoms with van der Waals surface area (Å²) in [6, 6.07) is 10.6. The minimum Gasteiger partial charge on any atom is -0.496 e. The fraction of sp³-hybridized carbons (Fsp3) is 0.435. The summed E-state index contributed by atoms with van der Waals surface area (Å²) in [4.78, 5) is 37.8. The van der Waals surface area contributed by atoms with Crippen LogP contribution in [0.25, 0.3) is 10.8 Å². The van der Waals surface area contributed by atoms with E-state index in [-0.39, 0.29) is 6.42 Å². The first-order valence-electron chi connectivity index (χ1n) is 9.96. The van der Waals surface area contributed by atoms with E-state index in [2.05, 4.69) is 0 Å². The van der Waals surface area contributed by atoms with Gasteiger partial charge in [0.2, 0.25) is 5.91 Å². The first-order valence-corrected chi connectivity index (χ1v) is 9.96. The molecule has 7 nitrogen and oxygen atoms in total. The van der Waals surface area contributed by atoms with Crippen LogP contribution in [-0.2, 0) is 20.7 Å². The molecule has 2 aromatic rings. The van der Waals surface area contributed by atoms with Crippen molar-refractivity contribution in [1.82, 2.24) is 4.90 Å². The molecule has 0 spiro atoms. The molecule has 3 rings (SSSR count). The van der Waals surface area contributed by atoms with Gasteiger partial charge < -0.3 is 14.6 Å². The van der Waals surface area contributed by atoms with E-state index in [9.17, 15) is 19.5 Å². The number of rotatable bonds is 5. The summed E-state index contributed by atoms with van der Waals surface area (Å²) in [6.07, 6.45) is 0.101. The Balaban J connectivity index is 1.79. The minimum atomic E-state index is -1.21. The number of carboxylic acids is 1. The van der Waals surface area contributed by atoms with Crippen LogP contribution in [-0.4, -0.2) is 46.7 Å². The molecule has 1 saturated heterocycles. The van der Waals surface area contributed by atoms with Gasteiger partial charge in [-0.15, -0.1) is 0 Å². The van der Waals surface area contributed by atoms with E-state index in [0.717, 1.165) is 27.0 Å². The van der Waals surface area contributed by atoms with Crippen LogP contribution in [0.1, 0.15) is 39.2 Å². The number of aryl methyl sites for hydroxylation is 1. The largest absolute Gasteiger partial charge is 0.496 e. The molecule has 1 N–H and O–H groups in total. The smallest absolute Gasteiger partial charge is 0.417 e. The van der Waals surface area contributed by atoms with Gasteiger partial charge in [-0.2, -0.15) is 0 Å². The lowest BCUT2D eigenvalue weighted by Crippen LogP contribution is -2.45. The molecule has 0 aromatic heterocycles. The molecule has 0 bridgehead atoms. The molecular weight excluding hydrogens is 386 g/mol. The maximum atomic E-state index is 12.9. The molecule has 160 valence electrons. The average Bonchev–Trinajstić information content (AvgIpc) is 3.01. The number of carbonyl (C=O) groups is 3. The molecule has 30 heavy (non-hydrogen) atoms. The SMILES string of the molecule is COc1c(CCC2C[C@@H](C(=O)O)N(C(=O)OC(C)(C)C)C2=O)ccc2ccccc12. The van der Waals surface area contributed by atoms with Crippen molar-refractivity contribution < 1.29 is 29.0 Å². The van der Waals surface area contributed by atoms with Crippen LogP contribution in [0.4, 0.5) is 4.79 Å². The highest BCUT2D eigenvalue weighted by Gasteiger charge is 2.48. The number of fused-ring (bicyclic) bond motifs is 1. The second kappa shape index (κ2) is 8.34. The molecule has 1 fully saturated rings. The number of imide groups is 1. The highest BCUT2D eigenvalue weighted by molar-refractivity contribution is 6.00. The second-order valence-electron chi connectivity index (χ2n) is 8.49. The Morgan fingerprint density at radius 1 is 1.17 bits per heavy atom. The van der Waals surface area contributed by atoms with Gasteiger partial charge in [-0.25, -0.2) is 14.5 Å². The number of hydrogen-bond donors (Lipinski definition) is 1. The number of benzene rings is 2. The average molecular weight is 413 g/mol. The quantitative estimate of drug-likeness (QED) is 0.796. The topological polar surface area (TPSA) is 93.1 Å². The Labute approximate surface area is 175 Å². The fourth-order valence-corrected chi connectivity index (χ4v) is 3.86. The first-order chi connectivity index (χ1) is 14.1. The number of amides is 2. The lowest BCUT2D eigenvalue weighted by atomic mass is 9.94. The zero-order valence-corrected chi connectivity index (χ0v) is 17.7. The molecule has 0 saturated carbocycles. The monoisotopic (exact) mass is 413 g/mol. The van der Waals surface area contributed by atoms with E-state index < -0.39 is 35.5 Å². The fourth-order valence-electron chi connectivity index (χ4n) is 3.86. The number of carboxylic acid groups (broad SMARTS) is 1. The Hall–Kier alpha value is -3.09. The third kappa shape index (κ3) is 4.40. The summed E-state index contributed by atoms with van der Waals surface area (Å²) >= 11 is 0. The van der Waals surface area contributed by atoms with Crippen molar-refractivity contribution in [2.45, 2.75) is 51.7 Å². The number of methoxy groups -OCH3 is 1. The van der Waals surface area contributed by atoms with Crippen LogP contribution >= 0.6 is 0 Å². The van der Waals surface area contributed by atoms with Gasteiger partial charge in [0.25, 0.3) is 0 Å². The van der Waals surface area contributed by atoms with Gasteiger partial charge in [0.1, 0.15) is 17.4 Å². The second-order valence-corrected chi connectivity index (χ2v) is 8.49. The summed E-state index contributed by atoms with van der Waals surface area (Å²) in [5, 5.41) is 11.6. The summed E-state index contributed by atoms with van der Waals surface area (Å²) < 4.78 is 10.9. The van der Waals surface area contributed by atoms with E-state index in [1.807, 2.05) is 36.4 Å². The lowest BCUT2D eigenvalue weighted by Gasteiger charge is -2.25. The Bertz CT molecular complexity index is 977. The highest BCUT2D eigenvalue weighted by atomic mass is 16.6. The molecular formula is C23H27NO6. The van der Waals surface area contributed by atoms with Gasteiger partial charge in [-0.05, 0) is 51.0 Å². The van der Waals surface area contributed by atoms with Crippen molar-refractivity contribution in [2.24, 2.45) is 5.92 Å². The Morgan fingerprint density at radius 2 is 1.87 bits per heavy atom. The van der Waals surface area contributed by atoms with Crippen LogP contribution in [0.2, 0.25) is 0 Å². The molecule has 7 heteroatoms. The molecule has 1 unspecified atom stereocenters. The third-order valence-electron chi connectivity index (χ3n) is 5.21. The van der Waals surface area contributed by atoms with Gasteiger partial charge in [-0.1, -0.05) is 36.4 Å². The standard InChI is InChI=1S/C23H27NO6/c1-23(2,3)30-22(28)24-18(21(26)27)13-16(20(24)25)12-11-15-10-9-14-7-5-6-8-17(14)19(15)29-4/h5-10,16,18H,11-13H2,1-4H3,(H,26,27)/t16?,18-/m0/s1. The van der Waals surface area contributed by atoms with E-state index in [1.54, 1.807) is 27.9 Å². The number of hydrogen-bond acceptors (Lipinski definition) is 5. The molecule has 2 amide bonds. The van der Waals surface area contributed by atoms with Crippen LogP contribution in [0.3, 0.4) is 0 Å². The van der Waals surface area contributed by atoms with Crippen LogP contribution < -0.4 is 4.74 Å². The molecule has 2 aromatic carbocycles. The van der Waals surface area contributed by atoms with Crippen molar-refractivity contribution in [1.29, 1.82) is 0 Å². The predicted octanol–water partition coefficient (Wildman–Crippen LogP) is 4.02. The number of carbonyl (C=O) groups excluding carboxylic acids is 2. The number of aliphatic carboxylic acids is 1. The molecule has 0 radical (unpaired) electrons. The van der Waals surface area contributed by atoms with Gasteiger partial charge in [0.15, 0.2) is 0 Å². The van der Waals surface area contributed by atoms with Crippen LogP contribution in [0.15, 0.2) is 36.4 Å². The van der Waals surface area contributed by atoms with Crippen LogP contribution in [0.5, 0.6) is 5.75 Å². The normalized spacial score (nSPS) is 19.2. The summed E-state index contributed by atoms with van der Waals surface area (Å²) in [6.45, 7) is 5.01. The molecule has 1 heterocycles. The van der Waals surface area contributed by atoms with E-state index in [4.69, 9.17) is 9.47 Å². The molecule has 0 aliphatic carbocycles. The van der Waals surface area contributed by atoms with E-state index >= 15 is 0 Å². The first kappa shape index (κ1) is 21.6. The molecule has 2 atom stereocenters. The van der Waals surface area contributed by atoms with Crippen LogP contribution in [0, 0.1) is 5.92 Å². The van der Waals surface area contributed by atoms with Crippen molar-refractivity contribution in [3.63, 3.8) is 0 Å². The predicted molar refractivity (Wildman–Crippen MR) is 111 cm³/mol.